The molecule has 0 aromatic heterocycles. The Balaban J connectivity index is 2.20. The Hall–Kier alpha value is -1.22. The van der Waals surface area contributed by atoms with Crippen molar-refractivity contribution in [1.82, 2.24) is 0 Å². The molecule has 1 saturated carbocycles. The molecule has 1 aliphatic carbocycles. The van der Waals surface area contributed by atoms with Crippen LogP contribution in [0.25, 0.3) is 0 Å². The van der Waals surface area contributed by atoms with Gasteiger partial charge in [-0.15, -0.1) is 0 Å². The largest absolute Gasteiger partial charge is 0.493 e. The Morgan fingerprint density at radius 2 is 2.06 bits per heavy atom. The van der Waals surface area contributed by atoms with Crippen LogP contribution in [-0.4, -0.2) is 13.2 Å². The van der Waals surface area contributed by atoms with Crippen LogP contribution in [-0.2, 0) is 0 Å². The number of ether oxygens (including phenoxy) is 2. The van der Waals surface area contributed by atoms with Crippen LogP contribution in [0.1, 0.15) is 37.8 Å². The van der Waals surface area contributed by atoms with Crippen molar-refractivity contribution < 1.29 is 9.47 Å². The highest BCUT2D eigenvalue weighted by atomic mass is 16.5. The van der Waals surface area contributed by atoms with Gasteiger partial charge in [-0.3, -0.25) is 0 Å². The van der Waals surface area contributed by atoms with Crippen LogP contribution >= 0.6 is 0 Å². The number of hydrogen-bond donors (Lipinski definition) is 1. The minimum absolute atomic E-state index is 0.0228. The van der Waals surface area contributed by atoms with Gasteiger partial charge in [0, 0.05) is 6.04 Å². The first kappa shape index (κ1) is 11.3. The summed E-state index contributed by atoms with van der Waals surface area (Å²) in [6.07, 6.45) is 3.91. The van der Waals surface area contributed by atoms with Crippen LogP contribution in [0.15, 0.2) is 18.2 Å². The van der Waals surface area contributed by atoms with Gasteiger partial charge in [0.05, 0.1) is 13.2 Å². The Morgan fingerprint density at radius 1 is 1.31 bits per heavy atom. The molecule has 1 aromatic rings. The van der Waals surface area contributed by atoms with Crippen LogP contribution in [0, 0.1) is 0 Å². The first-order valence-electron chi connectivity index (χ1n) is 5.81. The van der Waals surface area contributed by atoms with Crippen molar-refractivity contribution in [3.05, 3.63) is 23.8 Å². The van der Waals surface area contributed by atoms with E-state index in [-0.39, 0.29) is 6.04 Å². The van der Waals surface area contributed by atoms with E-state index in [0.29, 0.717) is 6.10 Å². The highest BCUT2D eigenvalue weighted by Gasteiger charge is 2.21. The maximum Gasteiger partial charge on any atom is 0.161 e. The lowest BCUT2D eigenvalue weighted by Gasteiger charge is -2.27. The molecule has 1 fully saturated rings. The minimum atomic E-state index is 0.0228. The van der Waals surface area contributed by atoms with E-state index in [9.17, 15) is 0 Å². The van der Waals surface area contributed by atoms with Crippen molar-refractivity contribution >= 4 is 0 Å². The van der Waals surface area contributed by atoms with E-state index < -0.39 is 0 Å². The molecule has 0 spiro atoms. The van der Waals surface area contributed by atoms with Gasteiger partial charge in [0.25, 0.3) is 0 Å². The van der Waals surface area contributed by atoms with Gasteiger partial charge >= 0.3 is 0 Å². The molecule has 0 amide bonds. The Labute approximate surface area is 96.5 Å². The van der Waals surface area contributed by atoms with Gasteiger partial charge in [-0.2, -0.15) is 0 Å². The molecule has 16 heavy (non-hydrogen) atoms. The summed E-state index contributed by atoms with van der Waals surface area (Å²) in [6.45, 7) is 1.97. The summed E-state index contributed by atoms with van der Waals surface area (Å²) in [7, 11) is 1.66. The average molecular weight is 221 g/mol. The lowest BCUT2D eigenvalue weighted by Crippen LogP contribution is -2.24. The van der Waals surface area contributed by atoms with Crippen LogP contribution in [0.3, 0.4) is 0 Å². The molecule has 0 bridgehead atoms. The Morgan fingerprint density at radius 3 is 2.56 bits per heavy atom. The second-order valence-electron chi connectivity index (χ2n) is 4.37. The van der Waals surface area contributed by atoms with E-state index in [4.69, 9.17) is 15.2 Å². The van der Waals surface area contributed by atoms with Crippen LogP contribution in [0.4, 0.5) is 0 Å². The van der Waals surface area contributed by atoms with E-state index in [1.807, 2.05) is 25.1 Å². The second kappa shape index (κ2) is 4.74. The van der Waals surface area contributed by atoms with Gasteiger partial charge in [-0.25, -0.2) is 0 Å². The van der Waals surface area contributed by atoms with Crippen molar-refractivity contribution in [1.29, 1.82) is 0 Å². The van der Waals surface area contributed by atoms with Crippen molar-refractivity contribution in [2.45, 2.75) is 38.3 Å². The fourth-order valence-electron chi connectivity index (χ4n) is 1.74. The third-order valence-electron chi connectivity index (χ3n) is 3.06. The number of nitrogens with two attached hydrogens (primary N) is 1. The molecule has 1 unspecified atom stereocenters. The molecule has 3 nitrogen and oxygen atoms in total. The number of methoxy groups -OCH3 is 1. The molecule has 1 aromatic carbocycles. The summed E-state index contributed by atoms with van der Waals surface area (Å²) < 4.78 is 11.2. The molecule has 2 rings (SSSR count). The predicted molar refractivity (Wildman–Crippen MR) is 63.9 cm³/mol. The van der Waals surface area contributed by atoms with E-state index in [1.165, 1.54) is 6.42 Å². The monoisotopic (exact) mass is 221 g/mol. The first-order valence-corrected chi connectivity index (χ1v) is 5.81. The van der Waals surface area contributed by atoms with E-state index in [0.717, 1.165) is 29.9 Å². The molecule has 0 heterocycles. The summed E-state index contributed by atoms with van der Waals surface area (Å²) in [6, 6.07) is 5.92. The molecular formula is C13H19NO2. The fraction of sp³-hybridized carbons (Fsp3) is 0.538. The highest BCUT2D eigenvalue weighted by molar-refractivity contribution is 5.43. The fourth-order valence-corrected chi connectivity index (χ4v) is 1.74. The first-order chi connectivity index (χ1) is 7.70. The zero-order valence-electron chi connectivity index (χ0n) is 9.90. The topological polar surface area (TPSA) is 44.5 Å². The summed E-state index contributed by atoms with van der Waals surface area (Å²) >= 11 is 0. The average Bonchev–Trinajstić information content (AvgIpc) is 2.23. The van der Waals surface area contributed by atoms with Crippen molar-refractivity contribution in [2.24, 2.45) is 5.73 Å². The van der Waals surface area contributed by atoms with Crippen molar-refractivity contribution in [3.63, 3.8) is 0 Å². The quantitative estimate of drug-likeness (QED) is 0.850. The summed E-state index contributed by atoms with van der Waals surface area (Å²) in [5.74, 6) is 1.61. The van der Waals surface area contributed by atoms with Crippen LogP contribution < -0.4 is 15.2 Å². The van der Waals surface area contributed by atoms with Crippen LogP contribution in [0.5, 0.6) is 11.5 Å². The SMILES string of the molecule is COc1ccc(C(C)N)cc1OC1CCC1. The van der Waals surface area contributed by atoms with Crippen molar-refractivity contribution in [2.75, 3.05) is 7.11 Å². The zero-order valence-corrected chi connectivity index (χ0v) is 9.90. The molecule has 0 radical (unpaired) electrons. The van der Waals surface area contributed by atoms with Crippen molar-refractivity contribution in [3.8, 4) is 11.5 Å². The minimum Gasteiger partial charge on any atom is -0.493 e. The van der Waals surface area contributed by atoms with E-state index >= 15 is 0 Å². The number of hydrogen-bond acceptors (Lipinski definition) is 3. The molecule has 0 aliphatic heterocycles. The van der Waals surface area contributed by atoms with Gasteiger partial charge in [0.2, 0.25) is 0 Å². The summed E-state index contributed by atoms with van der Waals surface area (Å²) in [5.41, 5.74) is 6.93. The maximum atomic E-state index is 5.88. The Kier molecular flexibility index (Phi) is 3.34. The smallest absolute Gasteiger partial charge is 0.161 e. The highest BCUT2D eigenvalue weighted by Crippen LogP contribution is 2.34. The third kappa shape index (κ3) is 2.30. The number of rotatable bonds is 4. The van der Waals surface area contributed by atoms with Gasteiger partial charge in [0.1, 0.15) is 0 Å². The maximum absolute atomic E-state index is 5.88. The van der Waals surface area contributed by atoms with Gasteiger partial charge in [0.15, 0.2) is 11.5 Å². The Bertz CT molecular complexity index is 359. The molecule has 1 atom stereocenters. The molecule has 1 aliphatic rings. The van der Waals surface area contributed by atoms with E-state index in [1.54, 1.807) is 7.11 Å². The molecule has 88 valence electrons. The zero-order chi connectivity index (χ0) is 11.5. The normalized spacial score (nSPS) is 17.7. The van der Waals surface area contributed by atoms with Crippen LogP contribution in [0.2, 0.25) is 0 Å². The molecule has 3 heteroatoms. The third-order valence-corrected chi connectivity index (χ3v) is 3.06. The number of benzene rings is 1. The van der Waals surface area contributed by atoms with E-state index in [2.05, 4.69) is 0 Å². The lowest BCUT2D eigenvalue weighted by atomic mass is 9.96. The lowest BCUT2D eigenvalue weighted by molar-refractivity contribution is 0.116. The predicted octanol–water partition coefficient (Wildman–Crippen LogP) is 2.65. The summed E-state index contributed by atoms with van der Waals surface area (Å²) in [4.78, 5) is 0. The molecular weight excluding hydrogens is 202 g/mol. The van der Waals surface area contributed by atoms with Gasteiger partial charge < -0.3 is 15.2 Å². The molecule has 0 saturated heterocycles. The standard InChI is InChI=1S/C13H19NO2/c1-9(14)10-6-7-12(15-2)13(8-10)16-11-4-3-5-11/h6-9,11H,3-5,14H2,1-2H3. The molecule has 2 N–H and O–H groups in total. The van der Waals surface area contributed by atoms with Gasteiger partial charge in [-0.05, 0) is 43.9 Å². The second-order valence-corrected chi connectivity index (χ2v) is 4.37. The van der Waals surface area contributed by atoms with Gasteiger partial charge in [-0.1, -0.05) is 6.07 Å². The summed E-state index contributed by atoms with van der Waals surface area (Å²) in [5, 5.41) is 0.